The predicted octanol–water partition coefficient (Wildman–Crippen LogP) is 3.91. The lowest BCUT2D eigenvalue weighted by Crippen LogP contribution is -2.46. The molecule has 2 heteroatoms. The lowest BCUT2D eigenvalue weighted by Gasteiger charge is -2.40. The normalized spacial score (nSPS) is 31.5. The molecule has 0 amide bonds. The van der Waals surface area contributed by atoms with Crippen molar-refractivity contribution in [1.29, 1.82) is 0 Å². The molecule has 3 unspecified atom stereocenters. The van der Waals surface area contributed by atoms with Crippen LogP contribution in [0.4, 0.5) is 0 Å². The molecule has 1 N–H and O–H groups in total. The molecule has 0 heterocycles. The van der Waals surface area contributed by atoms with E-state index in [4.69, 9.17) is 0 Å². The second-order valence-electron chi connectivity index (χ2n) is 7.27. The average molecular weight is 280 g/mol. The van der Waals surface area contributed by atoms with Gasteiger partial charge in [0.25, 0.3) is 0 Å². The van der Waals surface area contributed by atoms with Crippen LogP contribution in [-0.2, 0) is 0 Å². The highest BCUT2D eigenvalue weighted by atomic mass is 15.1. The molecule has 118 valence electrons. The fourth-order valence-corrected chi connectivity index (χ4v) is 4.32. The third kappa shape index (κ3) is 4.46. The molecule has 0 spiro atoms. The zero-order valence-electron chi connectivity index (χ0n) is 14.0. The SMILES string of the molecule is CCCC1CCC(NC)C(CN(CC)CC2CCC2)C1. The Morgan fingerprint density at radius 3 is 2.35 bits per heavy atom. The van der Waals surface area contributed by atoms with E-state index in [0.717, 1.165) is 23.8 Å². The molecule has 20 heavy (non-hydrogen) atoms. The first-order valence-corrected chi connectivity index (χ1v) is 9.16. The van der Waals surface area contributed by atoms with E-state index in [1.54, 1.807) is 0 Å². The molecule has 0 bridgehead atoms. The zero-order chi connectivity index (χ0) is 14.4. The van der Waals surface area contributed by atoms with E-state index in [1.807, 2.05) is 0 Å². The van der Waals surface area contributed by atoms with Crippen molar-refractivity contribution in [2.24, 2.45) is 17.8 Å². The Balaban J connectivity index is 1.84. The standard InChI is InChI=1S/C18H36N2/c1-4-7-15-10-11-18(19-3)17(12-15)14-20(5-2)13-16-8-6-9-16/h15-19H,4-14H2,1-3H3. The van der Waals surface area contributed by atoms with Crippen LogP contribution in [0.15, 0.2) is 0 Å². The molecule has 2 fully saturated rings. The van der Waals surface area contributed by atoms with E-state index in [-0.39, 0.29) is 0 Å². The molecule has 2 aliphatic rings. The Bertz CT molecular complexity index is 262. The topological polar surface area (TPSA) is 15.3 Å². The van der Waals surface area contributed by atoms with Gasteiger partial charge in [-0.15, -0.1) is 0 Å². The molecule has 0 saturated heterocycles. The fraction of sp³-hybridized carbons (Fsp3) is 1.00. The van der Waals surface area contributed by atoms with Gasteiger partial charge in [-0.2, -0.15) is 0 Å². The zero-order valence-corrected chi connectivity index (χ0v) is 14.0. The Kier molecular flexibility index (Phi) is 6.83. The summed E-state index contributed by atoms with van der Waals surface area (Å²) in [6.07, 6.45) is 11.5. The summed E-state index contributed by atoms with van der Waals surface area (Å²) < 4.78 is 0. The van der Waals surface area contributed by atoms with Gasteiger partial charge >= 0.3 is 0 Å². The first kappa shape index (κ1) is 16.3. The number of rotatable bonds is 8. The molecule has 0 radical (unpaired) electrons. The summed E-state index contributed by atoms with van der Waals surface area (Å²) in [5.41, 5.74) is 0. The molecule has 0 aromatic carbocycles. The second-order valence-corrected chi connectivity index (χ2v) is 7.27. The molecule has 2 saturated carbocycles. The van der Waals surface area contributed by atoms with Crippen LogP contribution in [-0.4, -0.2) is 37.6 Å². The average Bonchev–Trinajstić information content (AvgIpc) is 2.42. The van der Waals surface area contributed by atoms with Gasteiger partial charge in [0.1, 0.15) is 0 Å². The maximum absolute atomic E-state index is 3.60. The number of nitrogens with one attached hydrogen (secondary N) is 1. The minimum Gasteiger partial charge on any atom is -0.317 e. The van der Waals surface area contributed by atoms with Gasteiger partial charge in [-0.25, -0.2) is 0 Å². The van der Waals surface area contributed by atoms with Crippen LogP contribution >= 0.6 is 0 Å². The molecule has 2 rings (SSSR count). The highest BCUT2D eigenvalue weighted by Crippen LogP contribution is 2.33. The van der Waals surface area contributed by atoms with E-state index in [9.17, 15) is 0 Å². The number of hydrogen-bond acceptors (Lipinski definition) is 2. The van der Waals surface area contributed by atoms with E-state index in [0.29, 0.717) is 0 Å². The smallest absolute Gasteiger partial charge is 0.0105 e. The van der Waals surface area contributed by atoms with Crippen LogP contribution < -0.4 is 5.32 Å². The van der Waals surface area contributed by atoms with Crippen LogP contribution in [0.25, 0.3) is 0 Å². The van der Waals surface area contributed by atoms with Gasteiger partial charge in [0.2, 0.25) is 0 Å². The van der Waals surface area contributed by atoms with Gasteiger partial charge in [-0.05, 0) is 63.5 Å². The highest BCUT2D eigenvalue weighted by molar-refractivity contribution is 4.86. The summed E-state index contributed by atoms with van der Waals surface area (Å²) in [4.78, 5) is 2.74. The van der Waals surface area contributed by atoms with Crippen LogP contribution in [0, 0.1) is 17.8 Å². The van der Waals surface area contributed by atoms with Gasteiger partial charge in [0, 0.05) is 19.1 Å². The Labute approximate surface area is 126 Å². The lowest BCUT2D eigenvalue weighted by atomic mass is 9.76. The molecular weight excluding hydrogens is 244 g/mol. The first-order chi connectivity index (χ1) is 9.76. The van der Waals surface area contributed by atoms with Crippen LogP contribution in [0.3, 0.4) is 0 Å². The van der Waals surface area contributed by atoms with Crippen LogP contribution in [0.5, 0.6) is 0 Å². The van der Waals surface area contributed by atoms with Crippen molar-refractivity contribution in [3.63, 3.8) is 0 Å². The molecule has 0 aliphatic heterocycles. The van der Waals surface area contributed by atoms with Gasteiger partial charge in [0.05, 0.1) is 0 Å². The molecule has 0 aromatic heterocycles. The van der Waals surface area contributed by atoms with E-state index < -0.39 is 0 Å². The Morgan fingerprint density at radius 1 is 1.00 bits per heavy atom. The maximum Gasteiger partial charge on any atom is 0.0105 e. The minimum atomic E-state index is 0.763. The second kappa shape index (κ2) is 8.38. The first-order valence-electron chi connectivity index (χ1n) is 9.16. The largest absolute Gasteiger partial charge is 0.317 e. The van der Waals surface area contributed by atoms with Gasteiger partial charge in [-0.1, -0.05) is 33.1 Å². The number of nitrogens with zero attached hydrogens (tertiary/aromatic N) is 1. The Morgan fingerprint density at radius 2 is 1.80 bits per heavy atom. The van der Waals surface area contributed by atoms with Crippen molar-refractivity contribution in [3.05, 3.63) is 0 Å². The van der Waals surface area contributed by atoms with Gasteiger partial charge in [0.15, 0.2) is 0 Å². The maximum atomic E-state index is 3.60. The van der Waals surface area contributed by atoms with E-state index in [1.165, 1.54) is 71.0 Å². The molecular formula is C18H36N2. The summed E-state index contributed by atoms with van der Waals surface area (Å²) in [7, 11) is 2.17. The van der Waals surface area contributed by atoms with Crippen molar-refractivity contribution < 1.29 is 0 Å². The minimum absolute atomic E-state index is 0.763. The van der Waals surface area contributed by atoms with Crippen molar-refractivity contribution >= 4 is 0 Å². The van der Waals surface area contributed by atoms with E-state index in [2.05, 4.69) is 31.1 Å². The fourth-order valence-electron chi connectivity index (χ4n) is 4.32. The third-order valence-corrected chi connectivity index (χ3v) is 5.84. The number of hydrogen-bond donors (Lipinski definition) is 1. The van der Waals surface area contributed by atoms with Crippen LogP contribution in [0.2, 0.25) is 0 Å². The summed E-state index contributed by atoms with van der Waals surface area (Å²) in [5, 5.41) is 3.60. The monoisotopic (exact) mass is 280 g/mol. The van der Waals surface area contributed by atoms with Crippen molar-refractivity contribution in [3.8, 4) is 0 Å². The van der Waals surface area contributed by atoms with Gasteiger partial charge < -0.3 is 10.2 Å². The van der Waals surface area contributed by atoms with Crippen LogP contribution in [0.1, 0.15) is 65.2 Å². The molecule has 3 atom stereocenters. The van der Waals surface area contributed by atoms with Crippen molar-refractivity contribution in [2.75, 3.05) is 26.7 Å². The third-order valence-electron chi connectivity index (χ3n) is 5.84. The molecule has 2 aliphatic carbocycles. The molecule has 0 aromatic rings. The van der Waals surface area contributed by atoms with E-state index >= 15 is 0 Å². The predicted molar refractivity (Wildman–Crippen MR) is 88.0 cm³/mol. The van der Waals surface area contributed by atoms with Crippen molar-refractivity contribution in [1.82, 2.24) is 10.2 Å². The quantitative estimate of drug-likeness (QED) is 0.725. The Hall–Kier alpha value is -0.0800. The van der Waals surface area contributed by atoms with Gasteiger partial charge in [-0.3, -0.25) is 0 Å². The summed E-state index contributed by atoms with van der Waals surface area (Å²) in [6.45, 7) is 8.62. The summed E-state index contributed by atoms with van der Waals surface area (Å²) in [5.74, 6) is 2.89. The summed E-state index contributed by atoms with van der Waals surface area (Å²) in [6, 6.07) is 0.763. The van der Waals surface area contributed by atoms with Crippen molar-refractivity contribution in [2.45, 2.75) is 71.3 Å². The highest BCUT2D eigenvalue weighted by Gasteiger charge is 2.31. The summed E-state index contributed by atoms with van der Waals surface area (Å²) >= 11 is 0. The lowest BCUT2D eigenvalue weighted by molar-refractivity contribution is 0.115. The molecule has 2 nitrogen and oxygen atoms in total.